The first kappa shape index (κ1) is 19.1. The Morgan fingerprint density at radius 3 is 2.22 bits per heavy atom. The fourth-order valence-electron chi connectivity index (χ4n) is 3.21. The molecule has 144 valence electrons. The highest BCUT2D eigenvalue weighted by Crippen LogP contribution is 2.36. The number of nitrogens with zero attached hydrogens (tertiary/aromatic N) is 2. The third kappa shape index (κ3) is 4.93. The van der Waals surface area contributed by atoms with E-state index in [4.69, 9.17) is 0 Å². The molecule has 0 aliphatic carbocycles. The first-order valence-electron chi connectivity index (χ1n) is 8.93. The van der Waals surface area contributed by atoms with Crippen molar-refractivity contribution in [2.24, 2.45) is 0 Å². The summed E-state index contributed by atoms with van der Waals surface area (Å²) < 4.78 is 39.6. The standard InChI is InChI=1S/C20H22F3N3O/c21-20(22,23)17-8-4-5-9-18(17)25-12-14-26(15-13-25)19(27)24-11-10-16-6-2-1-3-7-16/h1-9H,10-15H2,(H,24,27). The summed E-state index contributed by atoms with van der Waals surface area (Å²) in [5.74, 6) is 0. The molecule has 0 radical (unpaired) electrons. The second-order valence-electron chi connectivity index (χ2n) is 6.46. The van der Waals surface area contributed by atoms with Crippen LogP contribution in [-0.4, -0.2) is 43.7 Å². The first-order chi connectivity index (χ1) is 12.9. The summed E-state index contributed by atoms with van der Waals surface area (Å²) in [6.07, 6.45) is -3.64. The highest BCUT2D eigenvalue weighted by atomic mass is 19.4. The molecule has 0 bridgehead atoms. The first-order valence-corrected chi connectivity index (χ1v) is 8.93. The maximum Gasteiger partial charge on any atom is 0.418 e. The van der Waals surface area contributed by atoms with Crippen LogP contribution in [0.15, 0.2) is 54.6 Å². The van der Waals surface area contributed by atoms with E-state index < -0.39 is 11.7 Å². The van der Waals surface area contributed by atoms with Crippen molar-refractivity contribution in [1.82, 2.24) is 10.2 Å². The van der Waals surface area contributed by atoms with E-state index in [0.29, 0.717) is 32.7 Å². The summed E-state index contributed by atoms with van der Waals surface area (Å²) in [6.45, 7) is 2.06. The average molecular weight is 377 g/mol. The number of benzene rings is 2. The zero-order valence-electron chi connectivity index (χ0n) is 14.9. The van der Waals surface area contributed by atoms with Crippen LogP contribution < -0.4 is 10.2 Å². The van der Waals surface area contributed by atoms with Crippen LogP contribution >= 0.6 is 0 Å². The molecule has 1 heterocycles. The molecule has 1 fully saturated rings. The van der Waals surface area contributed by atoms with Crippen LogP contribution in [0.1, 0.15) is 11.1 Å². The van der Waals surface area contributed by atoms with Crippen LogP contribution in [0.4, 0.5) is 23.7 Å². The number of nitrogens with one attached hydrogen (secondary N) is 1. The molecule has 1 N–H and O–H groups in total. The Morgan fingerprint density at radius 1 is 0.926 bits per heavy atom. The molecular formula is C20H22F3N3O. The second kappa shape index (κ2) is 8.33. The van der Waals surface area contributed by atoms with Gasteiger partial charge in [0.2, 0.25) is 0 Å². The largest absolute Gasteiger partial charge is 0.418 e. The van der Waals surface area contributed by atoms with Crippen molar-refractivity contribution < 1.29 is 18.0 Å². The van der Waals surface area contributed by atoms with Crippen LogP contribution in [0.2, 0.25) is 0 Å². The smallest absolute Gasteiger partial charge is 0.367 e. The van der Waals surface area contributed by atoms with E-state index in [9.17, 15) is 18.0 Å². The summed E-state index contributed by atoms with van der Waals surface area (Å²) >= 11 is 0. The number of amides is 2. The van der Waals surface area contributed by atoms with Crippen molar-refractivity contribution in [2.45, 2.75) is 12.6 Å². The van der Waals surface area contributed by atoms with Crippen LogP contribution in [-0.2, 0) is 12.6 Å². The summed E-state index contributed by atoms with van der Waals surface area (Å²) in [5.41, 5.74) is 0.686. The number of piperazine rings is 1. The Balaban J connectivity index is 1.51. The van der Waals surface area contributed by atoms with Crippen LogP contribution in [0, 0.1) is 0 Å². The number of urea groups is 1. The Kier molecular flexibility index (Phi) is 5.88. The molecule has 7 heteroatoms. The van der Waals surface area contributed by atoms with Crippen molar-refractivity contribution in [3.05, 3.63) is 65.7 Å². The van der Waals surface area contributed by atoms with Crippen molar-refractivity contribution in [3.8, 4) is 0 Å². The van der Waals surface area contributed by atoms with Crippen LogP contribution in [0.5, 0.6) is 0 Å². The molecule has 2 amide bonds. The molecule has 2 aromatic rings. The van der Waals surface area contributed by atoms with E-state index in [0.717, 1.165) is 18.1 Å². The molecule has 3 rings (SSSR count). The number of hydrogen-bond acceptors (Lipinski definition) is 2. The van der Waals surface area contributed by atoms with Gasteiger partial charge in [0.05, 0.1) is 5.56 Å². The monoisotopic (exact) mass is 377 g/mol. The van der Waals surface area contributed by atoms with Gasteiger partial charge in [0, 0.05) is 38.4 Å². The zero-order valence-corrected chi connectivity index (χ0v) is 14.9. The zero-order chi connectivity index (χ0) is 19.3. The molecule has 1 aliphatic heterocycles. The number of rotatable bonds is 4. The molecule has 0 saturated carbocycles. The molecule has 2 aromatic carbocycles. The highest BCUT2D eigenvalue weighted by Gasteiger charge is 2.35. The Labute approximate surface area is 156 Å². The Morgan fingerprint density at radius 2 is 1.56 bits per heavy atom. The molecule has 27 heavy (non-hydrogen) atoms. The van der Waals surface area contributed by atoms with E-state index in [1.165, 1.54) is 12.1 Å². The van der Waals surface area contributed by atoms with Crippen molar-refractivity contribution >= 4 is 11.7 Å². The normalized spacial score (nSPS) is 14.9. The van der Waals surface area contributed by atoms with Gasteiger partial charge in [-0.25, -0.2) is 4.79 Å². The predicted octanol–water partition coefficient (Wildman–Crippen LogP) is 3.78. The maximum atomic E-state index is 13.2. The average Bonchev–Trinajstić information content (AvgIpc) is 2.68. The van der Waals surface area contributed by atoms with Gasteiger partial charge in [-0.2, -0.15) is 13.2 Å². The minimum Gasteiger partial charge on any atom is -0.367 e. The molecule has 0 spiro atoms. The minimum atomic E-state index is -4.39. The van der Waals surface area contributed by atoms with Gasteiger partial charge < -0.3 is 15.1 Å². The molecular weight excluding hydrogens is 355 g/mol. The van der Waals surface area contributed by atoms with E-state index in [1.54, 1.807) is 15.9 Å². The molecule has 0 atom stereocenters. The van der Waals surface area contributed by atoms with Gasteiger partial charge in [-0.15, -0.1) is 0 Å². The summed E-state index contributed by atoms with van der Waals surface area (Å²) in [5, 5.41) is 2.88. The van der Waals surface area contributed by atoms with E-state index >= 15 is 0 Å². The number of alkyl halides is 3. The number of para-hydroxylation sites is 1. The van der Waals surface area contributed by atoms with Crippen LogP contribution in [0.3, 0.4) is 0 Å². The lowest BCUT2D eigenvalue weighted by molar-refractivity contribution is -0.137. The van der Waals surface area contributed by atoms with Crippen molar-refractivity contribution in [1.29, 1.82) is 0 Å². The predicted molar refractivity (Wildman–Crippen MR) is 98.8 cm³/mol. The van der Waals surface area contributed by atoms with E-state index in [2.05, 4.69) is 5.32 Å². The van der Waals surface area contributed by atoms with Gasteiger partial charge in [0.15, 0.2) is 0 Å². The molecule has 1 saturated heterocycles. The number of carbonyl (C=O) groups excluding carboxylic acids is 1. The number of hydrogen-bond donors (Lipinski definition) is 1. The third-order valence-corrected chi connectivity index (χ3v) is 4.65. The number of anilines is 1. The van der Waals surface area contributed by atoms with Crippen molar-refractivity contribution in [2.75, 3.05) is 37.6 Å². The van der Waals surface area contributed by atoms with Gasteiger partial charge in [0.1, 0.15) is 0 Å². The van der Waals surface area contributed by atoms with Gasteiger partial charge in [-0.1, -0.05) is 42.5 Å². The molecule has 4 nitrogen and oxygen atoms in total. The van der Waals surface area contributed by atoms with E-state index in [-0.39, 0.29) is 11.7 Å². The second-order valence-corrected chi connectivity index (χ2v) is 6.46. The van der Waals surface area contributed by atoms with E-state index in [1.807, 2.05) is 30.3 Å². The van der Waals surface area contributed by atoms with Crippen LogP contribution in [0.25, 0.3) is 0 Å². The minimum absolute atomic E-state index is 0.172. The number of carbonyl (C=O) groups is 1. The molecule has 1 aliphatic rings. The van der Waals surface area contributed by atoms with Gasteiger partial charge in [0.25, 0.3) is 0 Å². The lowest BCUT2D eigenvalue weighted by Gasteiger charge is -2.37. The summed E-state index contributed by atoms with van der Waals surface area (Å²) in [4.78, 5) is 15.6. The fraction of sp³-hybridized carbons (Fsp3) is 0.350. The summed E-state index contributed by atoms with van der Waals surface area (Å²) in [6, 6.07) is 15.3. The number of halogens is 3. The Hall–Kier alpha value is -2.70. The fourth-order valence-corrected chi connectivity index (χ4v) is 3.21. The lowest BCUT2D eigenvalue weighted by atomic mass is 10.1. The molecule has 0 unspecified atom stereocenters. The quantitative estimate of drug-likeness (QED) is 0.880. The van der Waals surface area contributed by atoms with Gasteiger partial charge in [-0.3, -0.25) is 0 Å². The van der Waals surface area contributed by atoms with Crippen molar-refractivity contribution in [3.63, 3.8) is 0 Å². The third-order valence-electron chi connectivity index (χ3n) is 4.65. The highest BCUT2D eigenvalue weighted by molar-refractivity contribution is 5.74. The SMILES string of the molecule is O=C(NCCc1ccccc1)N1CCN(c2ccccc2C(F)(F)F)CC1. The Bertz CT molecular complexity index is 757. The molecule has 0 aromatic heterocycles. The summed E-state index contributed by atoms with van der Waals surface area (Å²) in [7, 11) is 0. The topological polar surface area (TPSA) is 35.6 Å². The maximum absolute atomic E-state index is 13.2. The van der Waals surface area contributed by atoms with Gasteiger partial charge >= 0.3 is 12.2 Å². The lowest BCUT2D eigenvalue weighted by Crippen LogP contribution is -2.52. The van der Waals surface area contributed by atoms with Gasteiger partial charge in [-0.05, 0) is 24.1 Å².